The first-order chi connectivity index (χ1) is 9.82. The molecule has 1 aliphatic heterocycles. The van der Waals surface area contributed by atoms with E-state index >= 15 is 0 Å². The van der Waals surface area contributed by atoms with Crippen LogP contribution >= 0.6 is 0 Å². The third kappa shape index (κ3) is 3.31. The molecule has 1 aliphatic rings. The zero-order chi connectivity index (χ0) is 15.6. The van der Waals surface area contributed by atoms with E-state index in [-0.39, 0.29) is 11.3 Å². The van der Waals surface area contributed by atoms with Crippen LogP contribution in [-0.2, 0) is 19.1 Å². The first-order valence-corrected chi connectivity index (χ1v) is 6.09. The van der Waals surface area contributed by atoms with Crippen molar-refractivity contribution in [2.45, 2.75) is 19.6 Å². The SMILES string of the molecule is COc1ccc(NC=C2C(=O)OC(C)(C)OC2=O)cc1F. The molecule has 0 radical (unpaired) electrons. The number of esters is 2. The molecule has 21 heavy (non-hydrogen) atoms. The van der Waals surface area contributed by atoms with Crippen LogP contribution in [-0.4, -0.2) is 24.8 Å². The number of methoxy groups -OCH3 is 1. The van der Waals surface area contributed by atoms with Crippen molar-refractivity contribution in [3.8, 4) is 5.75 Å². The summed E-state index contributed by atoms with van der Waals surface area (Å²) < 4.78 is 28.1. The van der Waals surface area contributed by atoms with E-state index in [0.717, 1.165) is 6.20 Å². The number of halogens is 1. The number of anilines is 1. The Morgan fingerprint density at radius 3 is 2.38 bits per heavy atom. The highest BCUT2D eigenvalue weighted by atomic mass is 19.1. The van der Waals surface area contributed by atoms with E-state index in [1.807, 2.05) is 0 Å². The third-order valence-corrected chi connectivity index (χ3v) is 2.65. The number of benzene rings is 1. The van der Waals surface area contributed by atoms with E-state index in [1.54, 1.807) is 0 Å². The summed E-state index contributed by atoms with van der Waals surface area (Å²) in [5, 5.41) is 2.64. The largest absolute Gasteiger partial charge is 0.494 e. The molecule has 0 saturated carbocycles. The molecule has 0 bridgehead atoms. The molecule has 0 amide bonds. The van der Waals surface area contributed by atoms with Gasteiger partial charge in [-0.05, 0) is 12.1 Å². The van der Waals surface area contributed by atoms with Crippen molar-refractivity contribution in [3.05, 3.63) is 35.8 Å². The minimum absolute atomic E-state index is 0.0893. The van der Waals surface area contributed by atoms with Gasteiger partial charge >= 0.3 is 11.9 Å². The lowest BCUT2D eigenvalue weighted by Gasteiger charge is -2.29. The second kappa shape index (κ2) is 5.43. The zero-order valence-corrected chi connectivity index (χ0v) is 11.7. The van der Waals surface area contributed by atoms with E-state index in [1.165, 1.54) is 39.2 Å². The highest BCUT2D eigenvalue weighted by Crippen LogP contribution is 2.24. The van der Waals surface area contributed by atoms with Gasteiger partial charge in [0, 0.05) is 31.8 Å². The Morgan fingerprint density at radius 1 is 1.24 bits per heavy atom. The van der Waals surface area contributed by atoms with Crippen molar-refractivity contribution in [3.63, 3.8) is 0 Å². The lowest BCUT2D eigenvalue weighted by Crippen LogP contribution is -2.42. The highest BCUT2D eigenvalue weighted by Gasteiger charge is 2.38. The average Bonchev–Trinajstić information content (AvgIpc) is 2.36. The van der Waals surface area contributed by atoms with Crippen molar-refractivity contribution in [2.75, 3.05) is 12.4 Å². The molecule has 1 aromatic rings. The van der Waals surface area contributed by atoms with Crippen LogP contribution < -0.4 is 10.1 Å². The number of cyclic esters (lactones) is 2. The minimum Gasteiger partial charge on any atom is -0.494 e. The molecule has 1 heterocycles. The highest BCUT2D eigenvalue weighted by molar-refractivity contribution is 6.15. The molecule has 1 fully saturated rings. The summed E-state index contributed by atoms with van der Waals surface area (Å²) in [6, 6.07) is 4.11. The maximum atomic E-state index is 13.5. The van der Waals surface area contributed by atoms with Crippen molar-refractivity contribution in [1.29, 1.82) is 0 Å². The molecular formula is C14H14FNO5. The first kappa shape index (κ1) is 14.8. The van der Waals surface area contributed by atoms with Crippen molar-refractivity contribution in [2.24, 2.45) is 0 Å². The Kier molecular flexibility index (Phi) is 3.84. The van der Waals surface area contributed by atoms with Gasteiger partial charge in [-0.1, -0.05) is 0 Å². The van der Waals surface area contributed by atoms with Gasteiger partial charge in [0.1, 0.15) is 0 Å². The molecule has 1 saturated heterocycles. The molecule has 0 aliphatic carbocycles. The standard InChI is InChI=1S/C14H14FNO5/c1-14(2)20-12(17)9(13(18)21-14)7-16-8-4-5-11(19-3)10(15)6-8/h4-7,16H,1-3H3. The summed E-state index contributed by atoms with van der Waals surface area (Å²) in [6.45, 7) is 2.90. The predicted molar refractivity (Wildman–Crippen MR) is 70.9 cm³/mol. The van der Waals surface area contributed by atoms with E-state index in [4.69, 9.17) is 14.2 Å². The van der Waals surface area contributed by atoms with E-state index in [0.29, 0.717) is 5.69 Å². The number of rotatable bonds is 3. The second-order valence-corrected chi connectivity index (χ2v) is 4.73. The summed E-state index contributed by atoms with van der Waals surface area (Å²) in [7, 11) is 1.35. The Bertz CT molecular complexity index is 602. The number of ether oxygens (including phenoxy) is 3. The van der Waals surface area contributed by atoms with Gasteiger partial charge in [-0.3, -0.25) is 0 Å². The Labute approximate surface area is 120 Å². The van der Waals surface area contributed by atoms with Crippen LogP contribution in [0.4, 0.5) is 10.1 Å². The normalized spacial score (nSPS) is 16.9. The van der Waals surface area contributed by atoms with Gasteiger partial charge in [-0.2, -0.15) is 0 Å². The van der Waals surface area contributed by atoms with Crippen molar-refractivity contribution < 1.29 is 28.2 Å². The number of carbonyl (C=O) groups is 2. The van der Waals surface area contributed by atoms with Crippen LogP contribution in [0.25, 0.3) is 0 Å². The maximum Gasteiger partial charge on any atom is 0.350 e. The molecule has 0 atom stereocenters. The van der Waals surface area contributed by atoms with Crippen LogP contribution in [0, 0.1) is 5.82 Å². The van der Waals surface area contributed by atoms with E-state index in [2.05, 4.69) is 5.32 Å². The average molecular weight is 295 g/mol. The molecule has 2 rings (SSSR count). The Balaban J connectivity index is 2.16. The molecule has 0 aromatic heterocycles. The fourth-order valence-corrected chi connectivity index (χ4v) is 1.69. The molecule has 1 N–H and O–H groups in total. The van der Waals surface area contributed by atoms with Crippen LogP contribution in [0.1, 0.15) is 13.8 Å². The first-order valence-electron chi connectivity index (χ1n) is 6.09. The molecule has 0 unspecified atom stereocenters. The number of nitrogens with one attached hydrogen (secondary N) is 1. The molecule has 1 aromatic carbocycles. The summed E-state index contributed by atoms with van der Waals surface area (Å²) >= 11 is 0. The van der Waals surface area contributed by atoms with Gasteiger partial charge in [-0.25, -0.2) is 14.0 Å². The molecule has 112 valence electrons. The number of hydrogen-bond donors (Lipinski definition) is 1. The van der Waals surface area contributed by atoms with Gasteiger partial charge in [0.15, 0.2) is 17.1 Å². The van der Waals surface area contributed by atoms with E-state index in [9.17, 15) is 14.0 Å². The molecule has 7 heteroatoms. The van der Waals surface area contributed by atoms with Gasteiger partial charge in [0.2, 0.25) is 0 Å². The van der Waals surface area contributed by atoms with Gasteiger partial charge in [-0.15, -0.1) is 0 Å². The third-order valence-electron chi connectivity index (χ3n) is 2.65. The van der Waals surface area contributed by atoms with Crippen molar-refractivity contribution >= 4 is 17.6 Å². The number of hydrogen-bond acceptors (Lipinski definition) is 6. The summed E-state index contributed by atoms with van der Waals surface area (Å²) in [4.78, 5) is 23.4. The second-order valence-electron chi connectivity index (χ2n) is 4.73. The minimum atomic E-state index is -1.29. The smallest absolute Gasteiger partial charge is 0.350 e. The van der Waals surface area contributed by atoms with Gasteiger partial charge in [0.25, 0.3) is 5.79 Å². The summed E-state index contributed by atoms with van der Waals surface area (Å²) in [6.07, 6.45) is 1.11. The van der Waals surface area contributed by atoms with Crippen LogP contribution in [0.3, 0.4) is 0 Å². The van der Waals surface area contributed by atoms with Crippen molar-refractivity contribution in [1.82, 2.24) is 0 Å². The summed E-state index contributed by atoms with van der Waals surface area (Å²) in [5.41, 5.74) is 0.0387. The quantitative estimate of drug-likeness (QED) is 0.522. The van der Waals surface area contributed by atoms with Gasteiger partial charge in [0.05, 0.1) is 7.11 Å². The summed E-state index contributed by atoms with van der Waals surface area (Å²) in [5.74, 6) is -3.39. The Hall–Kier alpha value is -2.57. The molecule has 6 nitrogen and oxygen atoms in total. The lowest BCUT2D eigenvalue weighted by atomic mass is 10.2. The topological polar surface area (TPSA) is 73.9 Å². The lowest BCUT2D eigenvalue weighted by molar-refractivity contribution is -0.222. The number of carbonyl (C=O) groups excluding carboxylic acids is 2. The fraction of sp³-hybridized carbons (Fsp3) is 0.286. The monoisotopic (exact) mass is 295 g/mol. The van der Waals surface area contributed by atoms with Crippen LogP contribution in [0.15, 0.2) is 30.0 Å². The molecule has 0 spiro atoms. The predicted octanol–water partition coefficient (Wildman–Crippen LogP) is 1.97. The van der Waals surface area contributed by atoms with Gasteiger partial charge < -0.3 is 19.5 Å². The van der Waals surface area contributed by atoms with Crippen LogP contribution in [0.2, 0.25) is 0 Å². The Morgan fingerprint density at radius 2 is 1.86 bits per heavy atom. The van der Waals surface area contributed by atoms with Crippen LogP contribution in [0.5, 0.6) is 5.75 Å². The zero-order valence-electron chi connectivity index (χ0n) is 11.7. The molecular weight excluding hydrogens is 281 g/mol. The fourth-order valence-electron chi connectivity index (χ4n) is 1.69. The maximum absolute atomic E-state index is 13.5. The van der Waals surface area contributed by atoms with E-state index < -0.39 is 23.5 Å².